The molecule has 1 aliphatic heterocycles. The van der Waals surface area contributed by atoms with E-state index in [1.165, 1.54) is 12.1 Å². The smallest absolute Gasteiger partial charge is 0.406 e. The lowest BCUT2D eigenvalue weighted by molar-refractivity contribution is -0.274. The topological polar surface area (TPSA) is 34.5 Å². The van der Waals surface area contributed by atoms with Crippen LogP contribution in [-0.2, 0) is 6.54 Å². The van der Waals surface area contributed by atoms with E-state index in [1.54, 1.807) is 35.4 Å². The number of carbonyl (C=O) groups is 1. The van der Waals surface area contributed by atoms with Gasteiger partial charge in [-0.1, -0.05) is 23.2 Å². The van der Waals surface area contributed by atoms with E-state index in [1.807, 2.05) is 4.57 Å². The quantitative estimate of drug-likeness (QED) is 0.434. The first-order chi connectivity index (χ1) is 14.7. The standard InChI is InChI=1S/C22H19Cl2F3N2O2/c23-18-6-5-16(21(30)28-9-2-1-3-10-28)20(24)17(18)13-29-11-8-14-12-15(4-7-19(14)29)31-22(25,26)27/h4-8,11-12H,1-3,9-10,13H2. The highest BCUT2D eigenvalue weighted by atomic mass is 35.5. The van der Waals surface area contributed by atoms with Crippen molar-refractivity contribution in [1.29, 1.82) is 0 Å². The van der Waals surface area contributed by atoms with Crippen LogP contribution in [0.5, 0.6) is 5.75 Å². The van der Waals surface area contributed by atoms with Crippen LogP contribution in [0.2, 0.25) is 10.0 Å². The molecule has 3 aromatic rings. The Balaban J connectivity index is 1.63. The lowest BCUT2D eigenvalue weighted by Gasteiger charge is -2.27. The van der Waals surface area contributed by atoms with Crippen molar-refractivity contribution in [3.63, 3.8) is 0 Å². The number of carbonyl (C=O) groups excluding carboxylic acids is 1. The lowest BCUT2D eigenvalue weighted by Crippen LogP contribution is -2.35. The third-order valence-electron chi connectivity index (χ3n) is 5.36. The zero-order valence-corrected chi connectivity index (χ0v) is 17.9. The van der Waals surface area contributed by atoms with Crippen molar-refractivity contribution in [2.75, 3.05) is 13.1 Å². The number of amides is 1. The molecular formula is C22H19Cl2F3N2O2. The molecule has 1 aromatic heterocycles. The van der Waals surface area contributed by atoms with E-state index < -0.39 is 6.36 Å². The molecule has 1 saturated heterocycles. The zero-order valence-electron chi connectivity index (χ0n) is 16.4. The summed E-state index contributed by atoms with van der Waals surface area (Å²) < 4.78 is 43.2. The predicted octanol–water partition coefficient (Wildman–Crippen LogP) is 6.52. The van der Waals surface area contributed by atoms with E-state index in [4.69, 9.17) is 23.2 Å². The maximum Gasteiger partial charge on any atom is 0.573 e. The fourth-order valence-electron chi connectivity index (χ4n) is 3.86. The fraction of sp³-hybridized carbons (Fsp3) is 0.318. The normalized spacial score (nSPS) is 14.8. The minimum Gasteiger partial charge on any atom is -0.406 e. The van der Waals surface area contributed by atoms with Crippen LogP contribution in [0.15, 0.2) is 42.6 Å². The van der Waals surface area contributed by atoms with Gasteiger partial charge in [0.15, 0.2) is 0 Å². The maximum atomic E-state index is 12.9. The zero-order chi connectivity index (χ0) is 22.2. The summed E-state index contributed by atoms with van der Waals surface area (Å²) in [5.74, 6) is -0.406. The SMILES string of the molecule is O=C(c1ccc(Cl)c(Cn2ccc3cc(OC(F)(F)F)ccc32)c1Cl)N1CCCCC1. The second-order valence-electron chi connectivity index (χ2n) is 7.45. The Kier molecular flexibility index (Phi) is 6.08. The summed E-state index contributed by atoms with van der Waals surface area (Å²) in [7, 11) is 0. The Hall–Kier alpha value is -2.38. The van der Waals surface area contributed by atoms with Gasteiger partial charge in [0.05, 0.1) is 17.1 Å². The molecule has 9 heteroatoms. The lowest BCUT2D eigenvalue weighted by atomic mass is 10.1. The van der Waals surface area contributed by atoms with Gasteiger partial charge in [0, 0.05) is 40.8 Å². The van der Waals surface area contributed by atoms with Crippen LogP contribution in [0.4, 0.5) is 13.2 Å². The Labute approximate surface area is 187 Å². The summed E-state index contributed by atoms with van der Waals surface area (Å²) in [6.45, 7) is 1.68. The number of hydrogen-bond acceptors (Lipinski definition) is 2. The summed E-state index contributed by atoms with van der Waals surface area (Å²) in [5, 5.41) is 1.29. The minimum absolute atomic E-state index is 0.117. The fourth-order valence-corrected chi connectivity index (χ4v) is 4.43. The van der Waals surface area contributed by atoms with Crippen molar-refractivity contribution >= 4 is 40.0 Å². The van der Waals surface area contributed by atoms with E-state index >= 15 is 0 Å². The largest absolute Gasteiger partial charge is 0.573 e. The van der Waals surface area contributed by atoms with E-state index in [0.29, 0.717) is 45.2 Å². The van der Waals surface area contributed by atoms with Crippen LogP contribution in [0, 0.1) is 0 Å². The predicted molar refractivity (Wildman–Crippen MR) is 114 cm³/mol. The van der Waals surface area contributed by atoms with E-state index in [0.717, 1.165) is 19.3 Å². The Morgan fingerprint density at radius 3 is 2.48 bits per heavy atom. The summed E-state index contributed by atoms with van der Waals surface area (Å²) in [6.07, 6.45) is 0.0324. The first-order valence-electron chi connectivity index (χ1n) is 9.84. The van der Waals surface area contributed by atoms with Crippen LogP contribution in [0.3, 0.4) is 0 Å². The van der Waals surface area contributed by atoms with Crippen molar-refractivity contribution < 1.29 is 22.7 Å². The third kappa shape index (κ3) is 4.77. The Morgan fingerprint density at radius 1 is 1.03 bits per heavy atom. The highest BCUT2D eigenvalue weighted by molar-refractivity contribution is 6.38. The van der Waals surface area contributed by atoms with Gasteiger partial charge in [0.25, 0.3) is 5.91 Å². The number of hydrogen-bond donors (Lipinski definition) is 0. The van der Waals surface area contributed by atoms with Crippen LogP contribution in [-0.4, -0.2) is 34.8 Å². The first kappa shape index (κ1) is 21.8. The van der Waals surface area contributed by atoms with Crippen LogP contribution in [0.25, 0.3) is 10.9 Å². The van der Waals surface area contributed by atoms with E-state index in [9.17, 15) is 18.0 Å². The number of ether oxygens (including phenoxy) is 1. The van der Waals surface area contributed by atoms with Gasteiger partial charge in [-0.05, 0) is 55.7 Å². The number of rotatable bonds is 4. The number of fused-ring (bicyclic) bond motifs is 1. The van der Waals surface area contributed by atoms with Gasteiger partial charge in [0.2, 0.25) is 0 Å². The maximum absolute atomic E-state index is 12.9. The molecule has 1 aliphatic rings. The average Bonchev–Trinajstić information content (AvgIpc) is 3.12. The highest BCUT2D eigenvalue weighted by Gasteiger charge is 2.31. The number of likely N-dealkylation sites (tertiary alicyclic amines) is 1. The van der Waals surface area contributed by atoms with Gasteiger partial charge in [-0.25, -0.2) is 0 Å². The molecule has 0 saturated carbocycles. The molecule has 0 spiro atoms. The summed E-state index contributed by atoms with van der Waals surface area (Å²) in [6, 6.07) is 9.09. The Bertz CT molecular complexity index is 1120. The molecule has 4 rings (SSSR count). The van der Waals surface area contributed by atoms with Gasteiger partial charge in [-0.3, -0.25) is 4.79 Å². The minimum atomic E-state index is -4.75. The van der Waals surface area contributed by atoms with Gasteiger partial charge < -0.3 is 14.2 Å². The Morgan fingerprint density at radius 2 is 1.77 bits per heavy atom. The van der Waals surface area contributed by atoms with Crippen LogP contribution >= 0.6 is 23.2 Å². The van der Waals surface area contributed by atoms with Crippen molar-refractivity contribution in [1.82, 2.24) is 9.47 Å². The molecule has 1 fully saturated rings. The number of aromatic nitrogens is 1. The molecular weight excluding hydrogens is 452 g/mol. The number of benzene rings is 2. The molecule has 31 heavy (non-hydrogen) atoms. The second-order valence-corrected chi connectivity index (χ2v) is 8.24. The molecule has 0 radical (unpaired) electrons. The molecule has 2 heterocycles. The molecule has 1 amide bonds. The molecule has 0 unspecified atom stereocenters. The summed E-state index contributed by atoms with van der Waals surface area (Å²) in [4.78, 5) is 14.7. The number of nitrogens with zero attached hydrogens (tertiary/aromatic N) is 2. The monoisotopic (exact) mass is 470 g/mol. The highest BCUT2D eigenvalue weighted by Crippen LogP contribution is 2.32. The first-order valence-corrected chi connectivity index (χ1v) is 10.6. The van der Waals surface area contributed by atoms with Crippen LogP contribution in [0.1, 0.15) is 35.2 Å². The molecule has 0 N–H and O–H groups in total. The molecule has 4 nitrogen and oxygen atoms in total. The van der Waals surface area contributed by atoms with Crippen molar-refractivity contribution in [2.45, 2.75) is 32.2 Å². The van der Waals surface area contributed by atoms with E-state index in [-0.39, 0.29) is 18.2 Å². The van der Waals surface area contributed by atoms with Gasteiger partial charge in [-0.2, -0.15) is 0 Å². The van der Waals surface area contributed by atoms with Crippen molar-refractivity contribution in [2.24, 2.45) is 0 Å². The number of piperidine rings is 1. The van der Waals surface area contributed by atoms with Gasteiger partial charge >= 0.3 is 6.36 Å². The number of halogens is 5. The third-order valence-corrected chi connectivity index (χ3v) is 6.15. The van der Waals surface area contributed by atoms with Gasteiger partial charge in [-0.15, -0.1) is 13.2 Å². The van der Waals surface area contributed by atoms with Gasteiger partial charge in [0.1, 0.15) is 5.75 Å². The average molecular weight is 471 g/mol. The second kappa shape index (κ2) is 8.63. The van der Waals surface area contributed by atoms with Crippen molar-refractivity contribution in [3.05, 3.63) is 63.8 Å². The summed E-state index contributed by atoms with van der Waals surface area (Å²) >= 11 is 13.0. The molecule has 164 valence electrons. The van der Waals surface area contributed by atoms with E-state index in [2.05, 4.69) is 4.74 Å². The molecule has 0 atom stereocenters. The van der Waals surface area contributed by atoms with Crippen molar-refractivity contribution in [3.8, 4) is 5.75 Å². The number of alkyl halides is 3. The van der Waals surface area contributed by atoms with Crippen LogP contribution < -0.4 is 4.74 Å². The molecule has 2 aromatic carbocycles. The summed E-state index contributed by atoms with van der Waals surface area (Å²) in [5.41, 5.74) is 1.68. The molecule has 0 bridgehead atoms. The molecule has 0 aliphatic carbocycles.